The SMILES string of the molecule is Cc1ccc(SCC(N)c2cccc(OC3CC3)c2)cc1. The van der Waals surface area contributed by atoms with Crippen LogP contribution >= 0.6 is 11.8 Å². The van der Waals surface area contributed by atoms with Gasteiger partial charge >= 0.3 is 0 Å². The molecule has 0 amide bonds. The Labute approximate surface area is 130 Å². The number of ether oxygens (including phenoxy) is 1. The van der Waals surface area contributed by atoms with Gasteiger partial charge in [0.2, 0.25) is 0 Å². The van der Waals surface area contributed by atoms with Crippen LogP contribution in [0.4, 0.5) is 0 Å². The van der Waals surface area contributed by atoms with Crippen molar-refractivity contribution in [2.45, 2.75) is 36.8 Å². The number of aryl methyl sites for hydroxylation is 1. The zero-order valence-corrected chi connectivity index (χ0v) is 13.1. The maximum Gasteiger partial charge on any atom is 0.120 e. The molecule has 0 bridgehead atoms. The first-order valence-electron chi connectivity index (χ1n) is 7.42. The van der Waals surface area contributed by atoms with E-state index in [1.54, 1.807) is 11.8 Å². The van der Waals surface area contributed by atoms with Gasteiger partial charge in [0.1, 0.15) is 5.75 Å². The van der Waals surface area contributed by atoms with Crippen molar-refractivity contribution in [2.24, 2.45) is 5.73 Å². The Morgan fingerprint density at radius 1 is 1.19 bits per heavy atom. The third-order valence-electron chi connectivity index (χ3n) is 3.56. The van der Waals surface area contributed by atoms with Crippen molar-refractivity contribution >= 4 is 11.8 Å². The smallest absolute Gasteiger partial charge is 0.120 e. The van der Waals surface area contributed by atoms with Crippen molar-refractivity contribution in [3.8, 4) is 5.75 Å². The Morgan fingerprint density at radius 2 is 1.95 bits per heavy atom. The number of nitrogens with two attached hydrogens (primary N) is 1. The number of rotatable bonds is 6. The summed E-state index contributed by atoms with van der Waals surface area (Å²) in [4.78, 5) is 1.27. The third-order valence-corrected chi connectivity index (χ3v) is 4.70. The number of thioether (sulfide) groups is 1. The van der Waals surface area contributed by atoms with E-state index in [2.05, 4.69) is 43.3 Å². The molecule has 110 valence electrons. The van der Waals surface area contributed by atoms with Crippen LogP contribution < -0.4 is 10.5 Å². The van der Waals surface area contributed by atoms with Gasteiger partial charge in [0, 0.05) is 16.7 Å². The highest BCUT2D eigenvalue weighted by molar-refractivity contribution is 7.99. The summed E-state index contributed by atoms with van der Waals surface area (Å²) in [7, 11) is 0. The van der Waals surface area contributed by atoms with E-state index < -0.39 is 0 Å². The predicted octanol–water partition coefficient (Wildman–Crippen LogP) is 4.33. The molecule has 2 aromatic rings. The second-order valence-corrected chi connectivity index (χ2v) is 6.71. The third kappa shape index (κ3) is 4.26. The number of benzene rings is 2. The van der Waals surface area contributed by atoms with E-state index in [4.69, 9.17) is 10.5 Å². The van der Waals surface area contributed by atoms with Crippen molar-refractivity contribution in [1.82, 2.24) is 0 Å². The molecule has 0 aromatic heterocycles. The lowest BCUT2D eigenvalue weighted by molar-refractivity contribution is 0.303. The lowest BCUT2D eigenvalue weighted by Crippen LogP contribution is -2.13. The van der Waals surface area contributed by atoms with E-state index in [0.717, 1.165) is 17.1 Å². The van der Waals surface area contributed by atoms with Gasteiger partial charge in [-0.2, -0.15) is 0 Å². The normalized spacial score (nSPS) is 15.7. The minimum Gasteiger partial charge on any atom is -0.490 e. The van der Waals surface area contributed by atoms with E-state index >= 15 is 0 Å². The molecule has 0 heterocycles. The summed E-state index contributed by atoms with van der Waals surface area (Å²) in [5.74, 6) is 1.82. The molecule has 0 saturated heterocycles. The van der Waals surface area contributed by atoms with Gasteiger partial charge in [-0.3, -0.25) is 0 Å². The first-order valence-corrected chi connectivity index (χ1v) is 8.41. The molecule has 1 aliphatic rings. The molecule has 1 fully saturated rings. The van der Waals surface area contributed by atoms with Crippen LogP contribution in [0.3, 0.4) is 0 Å². The molecule has 3 rings (SSSR count). The fourth-order valence-electron chi connectivity index (χ4n) is 2.11. The Balaban J connectivity index is 1.58. The summed E-state index contributed by atoms with van der Waals surface area (Å²) in [6.07, 6.45) is 2.79. The van der Waals surface area contributed by atoms with E-state index in [0.29, 0.717) is 6.10 Å². The predicted molar refractivity (Wildman–Crippen MR) is 88.9 cm³/mol. The van der Waals surface area contributed by atoms with Crippen molar-refractivity contribution in [3.05, 3.63) is 59.7 Å². The molecule has 0 aliphatic heterocycles. The fourth-order valence-corrected chi connectivity index (χ4v) is 3.01. The lowest BCUT2D eigenvalue weighted by atomic mass is 10.1. The van der Waals surface area contributed by atoms with E-state index in [1.807, 2.05) is 12.1 Å². The average molecular weight is 299 g/mol. The molecule has 2 N–H and O–H groups in total. The highest BCUT2D eigenvalue weighted by atomic mass is 32.2. The highest BCUT2D eigenvalue weighted by Crippen LogP contribution is 2.29. The van der Waals surface area contributed by atoms with Crippen molar-refractivity contribution in [2.75, 3.05) is 5.75 Å². The van der Waals surface area contributed by atoms with Crippen LogP contribution in [-0.2, 0) is 0 Å². The molecule has 0 spiro atoms. The van der Waals surface area contributed by atoms with Crippen LogP contribution in [-0.4, -0.2) is 11.9 Å². The Bertz CT molecular complexity index is 592. The van der Waals surface area contributed by atoms with Gasteiger partial charge in [0.05, 0.1) is 6.10 Å². The van der Waals surface area contributed by atoms with Crippen LogP contribution in [0.2, 0.25) is 0 Å². The van der Waals surface area contributed by atoms with E-state index in [9.17, 15) is 0 Å². The molecule has 0 radical (unpaired) electrons. The van der Waals surface area contributed by atoms with Crippen molar-refractivity contribution < 1.29 is 4.74 Å². The summed E-state index contributed by atoms with van der Waals surface area (Å²) >= 11 is 1.80. The van der Waals surface area contributed by atoms with Gasteiger partial charge in [0.25, 0.3) is 0 Å². The highest BCUT2D eigenvalue weighted by Gasteiger charge is 2.23. The molecular weight excluding hydrogens is 278 g/mol. The fraction of sp³-hybridized carbons (Fsp3) is 0.333. The van der Waals surface area contributed by atoms with Gasteiger partial charge in [0.15, 0.2) is 0 Å². The summed E-state index contributed by atoms with van der Waals surface area (Å²) in [6, 6.07) is 16.8. The standard InChI is InChI=1S/C18H21NOS/c1-13-5-9-17(10-6-13)21-12-18(19)14-3-2-4-16(11-14)20-15-7-8-15/h2-6,9-11,15,18H,7-8,12,19H2,1H3. The topological polar surface area (TPSA) is 35.2 Å². The van der Waals surface area contributed by atoms with Gasteiger partial charge in [-0.25, -0.2) is 0 Å². The molecule has 3 heteroatoms. The number of hydrogen-bond donors (Lipinski definition) is 1. The van der Waals surface area contributed by atoms with Gasteiger partial charge in [-0.1, -0.05) is 29.8 Å². The van der Waals surface area contributed by atoms with Crippen LogP contribution in [0, 0.1) is 6.92 Å². The molecule has 2 nitrogen and oxygen atoms in total. The van der Waals surface area contributed by atoms with Crippen molar-refractivity contribution in [1.29, 1.82) is 0 Å². The Morgan fingerprint density at radius 3 is 2.67 bits per heavy atom. The lowest BCUT2D eigenvalue weighted by Gasteiger charge is -2.13. The van der Waals surface area contributed by atoms with Crippen LogP contribution in [0.15, 0.2) is 53.4 Å². The Hall–Kier alpha value is -1.45. The molecule has 1 saturated carbocycles. The summed E-state index contributed by atoms with van der Waals surface area (Å²) in [6.45, 7) is 2.10. The maximum absolute atomic E-state index is 6.31. The van der Waals surface area contributed by atoms with Gasteiger partial charge < -0.3 is 10.5 Å². The minimum absolute atomic E-state index is 0.0269. The molecule has 2 aromatic carbocycles. The first kappa shape index (κ1) is 14.5. The molecular formula is C18H21NOS. The maximum atomic E-state index is 6.31. The van der Waals surface area contributed by atoms with Crippen molar-refractivity contribution in [3.63, 3.8) is 0 Å². The summed E-state index contributed by atoms with van der Waals surface area (Å²) < 4.78 is 5.83. The van der Waals surface area contributed by atoms with Gasteiger partial charge in [-0.15, -0.1) is 11.8 Å². The summed E-state index contributed by atoms with van der Waals surface area (Å²) in [5, 5.41) is 0. The Kier molecular flexibility index (Phi) is 4.51. The second kappa shape index (κ2) is 6.54. The summed E-state index contributed by atoms with van der Waals surface area (Å²) in [5.41, 5.74) is 8.74. The van der Waals surface area contributed by atoms with Crippen LogP contribution in [0.5, 0.6) is 5.75 Å². The second-order valence-electron chi connectivity index (χ2n) is 5.62. The number of hydrogen-bond acceptors (Lipinski definition) is 3. The average Bonchev–Trinajstić information content (AvgIpc) is 3.30. The van der Waals surface area contributed by atoms with E-state index in [1.165, 1.54) is 23.3 Å². The zero-order valence-electron chi connectivity index (χ0n) is 12.3. The molecule has 1 atom stereocenters. The quantitative estimate of drug-likeness (QED) is 0.806. The molecule has 1 aliphatic carbocycles. The van der Waals surface area contributed by atoms with Crippen LogP contribution in [0.25, 0.3) is 0 Å². The first-order chi connectivity index (χ1) is 10.2. The molecule has 1 unspecified atom stereocenters. The van der Waals surface area contributed by atoms with E-state index in [-0.39, 0.29) is 6.04 Å². The van der Waals surface area contributed by atoms with Crippen LogP contribution in [0.1, 0.15) is 30.0 Å². The zero-order chi connectivity index (χ0) is 14.7. The largest absolute Gasteiger partial charge is 0.490 e. The minimum atomic E-state index is 0.0269. The molecule has 21 heavy (non-hydrogen) atoms. The monoisotopic (exact) mass is 299 g/mol. The van der Waals surface area contributed by atoms with Gasteiger partial charge in [-0.05, 0) is 49.6 Å².